The lowest BCUT2D eigenvalue weighted by Gasteiger charge is -2.13. The Balaban J connectivity index is 1.17. The summed E-state index contributed by atoms with van der Waals surface area (Å²) in [6, 6.07) is 48.7. The lowest BCUT2D eigenvalue weighted by molar-refractivity contribution is 1.40. The van der Waals surface area contributed by atoms with Crippen LogP contribution in [0.4, 0.5) is 0 Å². The summed E-state index contributed by atoms with van der Waals surface area (Å²) in [5.41, 5.74) is 10.5. The minimum absolute atomic E-state index is 0.668. The zero-order valence-corrected chi connectivity index (χ0v) is 22.6. The van der Waals surface area contributed by atoms with Crippen LogP contribution in [0.5, 0.6) is 0 Å². The van der Waals surface area contributed by atoms with Crippen LogP contribution in [0.3, 0.4) is 0 Å². The van der Waals surface area contributed by atoms with Crippen molar-refractivity contribution in [2.75, 3.05) is 0 Å². The molecule has 0 saturated heterocycles. The van der Waals surface area contributed by atoms with Gasteiger partial charge in [0, 0.05) is 22.4 Å². The third-order valence-corrected chi connectivity index (χ3v) is 8.13. The van der Waals surface area contributed by atoms with E-state index >= 15 is 0 Å². The standard InChI is InChI=1S/C39H23N3/c40-24-25-7-9-27(10-8-25)33-18-19-34(36-6-2-1-5-35(33)36)28-13-11-26(12-14-28)30-17-20-37-32(22-30)23-31-16-15-29-4-3-21-41-38(29)39(31)42-37/h1-23H. The van der Waals surface area contributed by atoms with Crippen molar-refractivity contribution in [2.45, 2.75) is 0 Å². The first-order valence-electron chi connectivity index (χ1n) is 14.0. The van der Waals surface area contributed by atoms with Crippen LogP contribution >= 0.6 is 0 Å². The highest BCUT2D eigenvalue weighted by Crippen LogP contribution is 2.37. The van der Waals surface area contributed by atoms with Crippen LogP contribution in [0, 0.1) is 11.3 Å². The van der Waals surface area contributed by atoms with Crippen molar-refractivity contribution in [2.24, 2.45) is 0 Å². The molecule has 0 fully saturated rings. The van der Waals surface area contributed by atoms with E-state index in [0.29, 0.717) is 5.56 Å². The lowest BCUT2D eigenvalue weighted by atomic mass is 9.91. The average molecular weight is 534 g/mol. The molecule has 0 bridgehead atoms. The molecule has 8 rings (SSSR count). The first-order chi connectivity index (χ1) is 20.7. The molecule has 0 aliphatic heterocycles. The van der Waals surface area contributed by atoms with E-state index in [1.54, 1.807) is 0 Å². The smallest absolute Gasteiger partial charge is 0.0991 e. The van der Waals surface area contributed by atoms with E-state index in [4.69, 9.17) is 4.98 Å². The van der Waals surface area contributed by atoms with Gasteiger partial charge < -0.3 is 0 Å². The number of rotatable bonds is 3. The van der Waals surface area contributed by atoms with Gasteiger partial charge in [0.25, 0.3) is 0 Å². The van der Waals surface area contributed by atoms with Gasteiger partial charge in [-0.3, -0.25) is 4.98 Å². The number of nitriles is 1. The summed E-state index contributed by atoms with van der Waals surface area (Å²) in [6.45, 7) is 0. The summed E-state index contributed by atoms with van der Waals surface area (Å²) < 4.78 is 0. The Labute approximate surface area is 243 Å². The van der Waals surface area contributed by atoms with Crippen LogP contribution < -0.4 is 0 Å². The molecular weight excluding hydrogens is 510 g/mol. The Morgan fingerprint density at radius 3 is 1.83 bits per heavy atom. The predicted molar refractivity (Wildman–Crippen MR) is 173 cm³/mol. The van der Waals surface area contributed by atoms with Crippen LogP contribution in [0.25, 0.3) is 76.9 Å². The minimum atomic E-state index is 0.668. The SMILES string of the molecule is N#Cc1ccc(-c2ccc(-c3ccc(-c4ccc5nc6c(ccc7cccnc76)cc5c4)cc3)c3ccccc23)cc1. The fraction of sp³-hybridized carbons (Fsp3) is 0. The number of benzene rings is 6. The van der Waals surface area contributed by atoms with Crippen molar-refractivity contribution in [3.63, 3.8) is 0 Å². The van der Waals surface area contributed by atoms with Gasteiger partial charge in [-0.1, -0.05) is 97.1 Å². The van der Waals surface area contributed by atoms with Crippen molar-refractivity contribution in [3.05, 3.63) is 145 Å². The molecule has 0 saturated carbocycles. The van der Waals surface area contributed by atoms with E-state index in [0.717, 1.165) is 49.4 Å². The van der Waals surface area contributed by atoms with E-state index in [-0.39, 0.29) is 0 Å². The van der Waals surface area contributed by atoms with E-state index < -0.39 is 0 Å². The van der Waals surface area contributed by atoms with Crippen LogP contribution in [0.2, 0.25) is 0 Å². The quantitative estimate of drug-likeness (QED) is 0.168. The molecule has 0 radical (unpaired) electrons. The maximum Gasteiger partial charge on any atom is 0.0991 e. The fourth-order valence-corrected chi connectivity index (χ4v) is 5.99. The Kier molecular flexibility index (Phi) is 5.52. The first kappa shape index (κ1) is 24.0. The molecule has 3 heteroatoms. The van der Waals surface area contributed by atoms with Gasteiger partial charge in [-0.15, -0.1) is 0 Å². The maximum atomic E-state index is 9.19. The van der Waals surface area contributed by atoms with Crippen LogP contribution in [-0.2, 0) is 0 Å². The number of hydrogen-bond donors (Lipinski definition) is 0. The molecule has 2 aromatic heterocycles. The Hall–Kier alpha value is -5.85. The molecule has 0 unspecified atom stereocenters. The van der Waals surface area contributed by atoms with Gasteiger partial charge in [0.1, 0.15) is 0 Å². The van der Waals surface area contributed by atoms with Gasteiger partial charge in [-0.05, 0) is 80.6 Å². The fourth-order valence-electron chi connectivity index (χ4n) is 5.99. The molecular formula is C39H23N3. The molecule has 0 aliphatic rings. The van der Waals surface area contributed by atoms with Crippen molar-refractivity contribution in [1.82, 2.24) is 9.97 Å². The molecule has 6 aromatic carbocycles. The highest BCUT2D eigenvalue weighted by Gasteiger charge is 2.11. The summed E-state index contributed by atoms with van der Waals surface area (Å²) in [7, 11) is 0. The normalized spacial score (nSPS) is 11.3. The molecule has 0 atom stereocenters. The monoisotopic (exact) mass is 533 g/mol. The van der Waals surface area contributed by atoms with Crippen molar-refractivity contribution < 1.29 is 0 Å². The number of nitrogens with zero attached hydrogens (tertiary/aromatic N) is 3. The zero-order chi connectivity index (χ0) is 28.0. The highest BCUT2D eigenvalue weighted by atomic mass is 14.7. The second kappa shape index (κ2) is 9.66. The van der Waals surface area contributed by atoms with Gasteiger partial charge in [-0.2, -0.15) is 5.26 Å². The Morgan fingerprint density at radius 2 is 1.12 bits per heavy atom. The van der Waals surface area contributed by atoms with E-state index in [1.165, 1.54) is 27.5 Å². The summed E-state index contributed by atoms with van der Waals surface area (Å²) in [6.07, 6.45) is 1.83. The van der Waals surface area contributed by atoms with E-state index in [9.17, 15) is 5.26 Å². The van der Waals surface area contributed by atoms with Gasteiger partial charge in [0.05, 0.1) is 28.2 Å². The number of hydrogen-bond acceptors (Lipinski definition) is 3. The molecule has 8 aromatic rings. The molecule has 0 aliphatic carbocycles. The summed E-state index contributed by atoms with van der Waals surface area (Å²) >= 11 is 0. The lowest BCUT2D eigenvalue weighted by Crippen LogP contribution is -1.88. The second-order valence-corrected chi connectivity index (χ2v) is 10.6. The zero-order valence-electron chi connectivity index (χ0n) is 22.6. The largest absolute Gasteiger partial charge is 0.254 e. The topological polar surface area (TPSA) is 49.6 Å². The highest BCUT2D eigenvalue weighted by molar-refractivity contribution is 6.07. The van der Waals surface area contributed by atoms with Crippen molar-refractivity contribution in [1.29, 1.82) is 5.26 Å². The average Bonchev–Trinajstić information content (AvgIpc) is 3.07. The molecule has 42 heavy (non-hydrogen) atoms. The Morgan fingerprint density at radius 1 is 0.476 bits per heavy atom. The summed E-state index contributed by atoms with van der Waals surface area (Å²) in [4.78, 5) is 9.57. The van der Waals surface area contributed by atoms with Crippen molar-refractivity contribution >= 4 is 43.5 Å². The van der Waals surface area contributed by atoms with Crippen LogP contribution in [0.15, 0.2) is 140 Å². The van der Waals surface area contributed by atoms with Crippen molar-refractivity contribution in [3.8, 4) is 39.4 Å². The first-order valence-corrected chi connectivity index (χ1v) is 14.0. The number of fused-ring (bicyclic) bond motifs is 5. The van der Waals surface area contributed by atoms with Crippen LogP contribution in [0.1, 0.15) is 5.56 Å². The molecule has 0 N–H and O–H groups in total. The molecule has 0 amide bonds. The third-order valence-electron chi connectivity index (χ3n) is 8.13. The van der Waals surface area contributed by atoms with E-state index in [2.05, 4.69) is 114 Å². The maximum absolute atomic E-state index is 9.19. The summed E-state index contributed by atoms with van der Waals surface area (Å²) in [5.74, 6) is 0. The Bertz CT molecular complexity index is 2350. The minimum Gasteiger partial charge on any atom is -0.254 e. The second-order valence-electron chi connectivity index (χ2n) is 10.6. The third kappa shape index (κ3) is 3.98. The van der Waals surface area contributed by atoms with Gasteiger partial charge >= 0.3 is 0 Å². The summed E-state index contributed by atoms with van der Waals surface area (Å²) in [5, 5.41) is 14.9. The van der Waals surface area contributed by atoms with E-state index in [1.807, 2.05) is 36.5 Å². The molecule has 3 nitrogen and oxygen atoms in total. The number of pyridine rings is 2. The van der Waals surface area contributed by atoms with Gasteiger partial charge in [-0.25, -0.2) is 4.98 Å². The van der Waals surface area contributed by atoms with Gasteiger partial charge in [0.15, 0.2) is 0 Å². The number of aromatic nitrogens is 2. The molecule has 0 spiro atoms. The predicted octanol–water partition coefficient (Wildman–Crippen LogP) is 9.96. The van der Waals surface area contributed by atoms with Crippen LogP contribution in [-0.4, -0.2) is 9.97 Å². The molecule has 2 heterocycles. The van der Waals surface area contributed by atoms with Gasteiger partial charge in [0.2, 0.25) is 0 Å². The molecule has 194 valence electrons.